The van der Waals surface area contributed by atoms with E-state index in [1.165, 1.54) is 8.42 Å². The molecule has 88 valence electrons. The smallest absolute Gasteiger partial charge is 0.0803 e. The third-order valence-corrected chi connectivity index (χ3v) is 8.27. The van der Waals surface area contributed by atoms with Gasteiger partial charge in [-0.15, -0.1) is 22.7 Å². The van der Waals surface area contributed by atoms with Crippen LogP contribution in [0.4, 0.5) is 0 Å². The maximum Gasteiger partial charge on any atom is 0.0803 e. The maximum atomic E-state index is 3.79. The van der Waals surface area contributed by atoms with Crippen molar-refractivity contribution in [3.63, 3.8) is 0 Å². The Morgan fingerprint density at radius 3 is 1.65 bits per heavy atom. The topological polar surface area (TPSA) is 0 Å². The van der Waals surface area contributed by atoms with E-state index >= 15 is 0 Å². The van der Waals surface area contributed by atoms with Gasteiger partial charge in [-0.2, -0.15) is 0 Å². The molecule has 0 saturated carbocycles. The van der Waals surface area contributed by atoms with E-state index in [1.54, 1.807) is 34.4 Å². The maximum absolute atomic E-state index is 3.79. The third-order valence-electron chi connectivity index (χ3n) is 2.08. The molecule has 2 aromatic rings. The van der Waals surface area contributed by atoms with Gasteiger partial charge in [0.05, 0.1) is 8.42 Å². The molecule has 2 aromatic heterocycles. The van der Waals surface area contributed by atoms with Gasteiger partial charge in [-0.1, -0.05) is 37.1 Å². The Kier molecular flexibility index (Phi) is 4.72. The van der Waals surface area contributed by atoms with Crippen molar-refractivity contribution in [1.82, 2.24) is 0 Å². The predicted molar refractivity (Wildman–Crippen MR) is 88.3 cm³/mol. The van der Waals surface area contributed by atoms with Gasteiger partial charge in [-0.3, -0.25) is 0 Å². The lowest BCUT2D eigenvalue weighted by atomic mass is 10.3. The quantitative estimate of drug-likeness (QED) is 0.538. The van der Waals surface area contributed by atoms with Crippen LogP contribution in [0.2, 0.25) is 0 Å². The monoisotopic (exact) mass is 406 g/mol. The molecule has 5 heteroatoms. The van der Waals surface area contributed by atoms with Crippen LogP contribution in [0.3, 0.4) is 0 Å². The summed E-state index contributed by atoms with van der Waals surface area (Å²) in [6.07, 6.45) is 3.73. The molecule has 0 aliphatic heterocycles. The summed E-state index contributed by atoms with van der Waals surface area (Å²) in [6, 6.07) is 0. The van der Waals surface area contributed by atoms with Gasteiger partial charge in [0.1, 0.15) is 0 Å². The zero-order valence-electron chi connectivity index (χ0n) is 8.70. The molecular weight excluding hydrogens is 400 g/mol. The SMILES string of the molecule is C=Cc1csc(Sc2scc(C=C)c2Br)c1Br. The molecule has 2 rings (SSSR count). The molecule has 0 fully saturated rings. The van der Waals surface area contributed by atoms with Crippen molar-refractivity contribution >= 4 is 78.4 Å². The van der Waals surface area contributed by atoms with E-state index in [4.69, 9.17) is 0 Å². The van der Waals surface area contributed by atoms with Gasteiger partial charge in [0.2, 0.25) is 0 Å². The van der Waals surface area contributed by atoms with Crippen LogP contribution in [0.5, 0.6) is 0 Å². The summed E-state index contributed by atoms with van der Waals surface area (Å²) in [4.78, 5) is 0. The van der Waals surface area contributed by atoms with E-state index in [2.05, 4.69) is 55.8 Å². The normalized spacial score (nSPS) is 10.5. The molecule has 0 atom stereocenters. The highest BCUT2D eigenvalue weighted by atomic mass is 79.9. The molecule has 0 amide bonds. The number of hydrogen-bond donors (Lipinski definition) is 0. The first-order chi connectivity index (χ1) is 8.17. The van der Waals surface area contributed by atoms with Crippen LogP contribution in [0.1, 0.15) is 11.1 Å². The second kappa shape index (κ2) is 5.89. The molecule has 0 aliphatic carbocycles. The van der Waals surface area contributed by atoms with Crippen molar-refractivity contribution in [3.05, 3.63) is 44.0 Å². The summed E-state index contributed by atoms with van der Waals surface area (Å²) < 4.78 is 4.75. The van der Waals surface area contributed by atoms with E-state index in [1.807, 2.05) is 12.2 Å². The Morgan fingerprint density at radius 2 is 1.35 bits per heavy atom. The summed E-state index contributed by atoms with van der Waals surface area (Å²) in [5.41, 5.74) is 2.29. The zero-order valence-corrected chi connectivity index (χ0v) is 14.3. The second-order valence-corrected chi connectivity index (χ2v) is 7.98. The lowest BCUT2D eigenvalue weighted by Gasteiger charge is -1.98. The molecule has 0 unspecified atom stereocenters. The average Bonchev–Trinajstić information content (AvgIpc) is 2.85. The van der Waals surface area contributed by atoms with Crippen LogP contribution in [-0.2, 0) is 0 Å². The first kappa shape index (κ1) is 13.6. The fourth-order valence-corrected chi connectivity index (χ4v) is 6.33. The molecule has 0 bridgehead atoms. The number of halogens is 2. The van der Waals surface area contributed by atoms with Crippen molar-refractivity contribution in [2.24, 2.45) is 0 Å². The Morgan fingerprint density at radius 1 is 0.941 bits per heavy atom. The Balaban J connectivity index is 2.31. The average molecular weight is 408 g/mol. The lowest BCUT2D eigenvalue weighted by Crippen LogP contribution is -1.69. The third kappa shape index (κ3) is 2.79. The molecule has 0 nitrogen and oxygen atoms in total. The minimum atomic E-state index is 1.13. The predicted octanol–water partition coefficient (Wildman–Crippen LogP) is 6.77. The van der Waals surface area contributed by atoms with Crippen molar-refractivity contribution in [2.75, 3.05) is 0 Å². The second-order valence-electron chi connectivity index (χ2n) is 3.10. The van der Waals surface area contributed by atoms with Crippen molar-refractivity contribution in [3.8, 4) is 0 Å². The van der Waals surface area contributed by atoms with Gasteiger partial charge >= 0.3 is 0 Å². The summed E-state index contributed by atoms with van der Waals surface area (Å²) in [7, 11) is 0. The van der Waals surface area contributed by atoms with E-state index in [-0.39, 0.29) is 0 Å². The molecular formula is C12H8Br2S3. The molecule has 0 aromatic carbocycles. The Hall–Kier alpha value is 0.190. The number of hydrogen-bond acceptors (Lipinski definition) is 3. The summed E-state index contributed by atoms with van der Waals surface area (Å²) >= 11 is 12.4. The summed E-state index contributed by atoms with van der Waals surface area (Å²) in [6.45, 7) is 7.59. The van der Waals surface area contributed by atoms with E-state index in [0.29, 0.717) is 0 Å². The van der Waals surface area contributed by atoms with Gasteiger partial charge in [-0.05, 0) is 43.0 Å². The highest BCUT2D eigenvalue weighted by Crippen LogP contribution is 2.46. The first-order valence-electron chi connectivity index (χ1n) is 4.64. The van der Waals surface area contributed by atoms with E-state index in [9.17, 15) is 0 Å². The van der Waals surface area contributed by atoms with Crippen LogP contribution in [0, 0.1) is 0 Å². The largest absolute Gasteiger partial charge is 0.135 e. The zero-order chi connectivity index (χ0) is 12.4. The van der Waals surface area contributed by atoms with Gasteiger partial charge < -0.3 is 0 Å². The van der Waals surface area contributed by atoms with E-state index < -0.39 is 0 Å². The number of rotatable bonds is 4. The van der Waals surface area contributed by atoms with Gasteiger partial charge in [-0.25, -0.2) is 0 Å². The standard InChI is InChI=1S/C12H8Br2S3/c1-3-7-5-15-11(9(7)13)17-12-10(14)8(4-2)6-16-12/h3-6H,1-2H2. The molecule has 17 heavy (non-hydrogen) atoms. The molecule has 0 N–H and O–H groups in total. The molecule has 0 saturated heterocycles. The van der Waals surface area contributed by atoms with Crippen molar-refractivity contribution in [1.29, 1.82) is 0 Å². The van der Waals surface area contributed by atoms with E-state index in [0.717, 1.165) is 20.1 Å². The minimum absolute atomic E-state index is 1.13. The van der Waals surface area contributed by atoms with Crippen LogP contribution in [0.15, 0.2) is 41.3 Å². The van der Waals surface area contributed by atoms with Crippen molar-refractivity contribution < 1.29 is 0 Å². The highest BCUT2D eigenvalue weighted by molar-refractivity contribution is 9.11. The van der Waals surface area contributed by atoms with Crippen LogP contribution >= 0.6 is 66.3 Å². The summed E-state index contributed by atoms with van der Waals surface area (Å²) in [5, 5.41) is 4.21. The molecule has 0 aliphatic rings. The van der Waals surface area contributed by atoms with Gasteiger partial charge in [0.25, 0.3) is 0 Å². The number of thiophene rings is 2. The van der Waals surface area contributed by atoms with Gasteiger partial charge in [0, 0.05) is 19.7 Å². The fraction of sp³-hybridized carbons (Fsp3) is 0. The molecule has 0 radical (unpaired) electrons. The van der Waals surface area contributed by atoms with Crippen LogP contribution in [-0.4, -0.2) is 0 Å². The molecule has 0 spiro atoms. The molecule has 2 heterocycles. The van der Waals surface area contributed by atoms with Crippen LogP contribution in [0.25, 0.3) is 12.2 Å². The minimum Gasteiger partial charge on any atom is -0.135 e. The Labute approximate surface area is 130 Å². The summed E-state index contributed by atoms with van der Waals surface area (Å²) in [5.74, 6) is 0. The Bertz CT molecular complexity index is 516. The van der Waals surface area contributed by atoms with Crippen molar-refractivity contribution in [2.45, 2.75) is 8.42 Å². The fourth-order valence-electron chi connectivity index (χ4n) is 1.17. The highest BCUT2D eigenvalue weighted by Gasteiger charge is 2.13. The van der Waals surface area contributed by atoms with Gasteiger partial charge in [0.15, 0.2) is 0 Å². The lowest BCUT2D eigenvalue weighted by molar-refractivity contribution is 1.55. The first-order valence-corrected chi connectivity index (χ1v) is 8.80. The van der Waals surface area contributed by atoms with Crippen LogP contribution < -0.4 is 0 Å².